The van der Waals surface area contributed by atoms with Crippen molar-refractivity contribution < 1.29 is 19.4 Å². The molecular weight excluding hydrogens is 328 g/mol. The second-order valence-electron chi connectivity index (χ2n) is 7.50. The van der Waals surface area contributed by atoms with Crippen LogP contribution < -0.4 is 0 Å². The molecule has 0 spiro atoms. The van der Waals surface area contributed by atoms with E-state index in [-0.39, 0.29) is 12.8 Å². The average molecular weight is 363 g/mol. The number of aliphatic carboxylic acids is 1. The van der Waals surface area contributed by atoms with Gasteiger partial charge in [-0.15, -0.1) is 0 Å². The van der Waals surface area contributed by atoms with Crippen LogP contribution in [0.4, 0.5) is 0 Å². The third-order valence-corrected chi connectivity index (χ3v) is 4.63. The largest absolute Gasteiger partial charge is 0.481 e. The fourth-order valence-corrected chi connectivity index (χ4v) is 3.11. The number of carbonyl (C=O) groups is 2. The van der Waals surface area contributed by atoms with Gasteiger partial charge in [0, 0.05) is 0 Å². The molecule has 0 aromatic rings. The number of carbonyl (C=O) groups excluding carboxylic acids is 1. The molecule has 146 valence electrons. The van der Waals surface area contributed by atoms with Crippen LogP contribution in [-0.2, 0) is 14.3 Å². The van der Waals surface area contributed by atoms with E-state index in [9.17, 15) is 9.59 Å². The molecule has 0 bridgehead atoms. The SMILES string of the molecule is CC(C)=CCC/C(C)=C/CCC1=CCCC(COC(=O)CCC(=O)O)C1. The van der Waals surface area contributed by atoms with Crippen molar-refractivity contribution >= 4 is 11.9 Å². The highest BCUT2D eigenvalue weighted by molar-refractivity contribution is 5.76. The normalized spacial score (nSPS) is 17.4. The number of esters is 1. The zero-order valence-corrected chi connectivity index (χ0v) is 16.6. The minimum Gasteiger partial charge on any atom is -0.481 e. The minimum atomic E-state index is -0.964. The van der Waals surface area contributed by atoms with Gasteiger partial charge < -0.3 is 9.84 Å². The molecule has 0 heterocycles. The van der Waals surface area contributed by atoms with E-state index in [2.05, 4.69) is 39.0 Å². The van der Waals surface area contributed by atoms with E-state index >= 15 is 0 Å². The van der Waals surface area contributed by atoms with Crippen LogP contribution >= 0.6 is 0 Å². The maximum atomic E-state index is 11.5. The number of hydrogen-bond acceptors (Lipinski definition) is 3. The number of carboxylic acid groups (broad SMARTS) is 1. The lowest BCUT2D eigenvalue weighted by Crippen LogP contribution is -2.17. The zero-order valence-electron chi connectivity index (χ0n) is 16.6. The summed E-state index contributed by atoms with van der Waals surface area (Å²) in [6.07, 6.45) is 14.2. The Kier molecular flexibility index (Phi) is 10.7. The van der Waals surface area contributed by atoms with Gasteiger partial charge in [0.1, 0.15) is 0 Å². The first-order valence-corrected chi connectivity index (χ1v) is 9.71. The van der Waals surface area contributed by atoms with Crippen molar-refractivity contribution in [2.75, 3.05) is 6.61 Å². The molecule has 0 saturated heterocycles. The second-order valence-corrected chi connectivity index (χ2v) is 7.50. The average Bonchev–Trinajstić information content (AvgIpc) is 2.58. The first-order valence-electron chi connectivity index (χ1n) is 9.71. The van der Waals surface area contributed by atoms with Crippen molar-refractivity contribution in [3.8, 4) is 0 Å². The van der Waals surface area contributed by atoms with E-state index in [1.165, 1.54) is 16.7 Å². The molecule has 26 heavy (non-hydrogen) atoms. The predicted molar refractivity (Wildman–Crippen MR) is 105 cm³/mol. The maximum Gasteiger partial charge on any atom is 0.306 e. The van der Waals surface area contributed by atoms with Gasteiger partial charge in [0.2, 0.25) is 0 Å². The lowest BCUT2D eigenvalue weighted by molar-refractivity contribution is -0.148. The van der Waals surface area contributed by atoms with Gasteiger partial charge in [0.25, 0.3) is 0 Å². The molecule has 4 nitrogen and oxygen atoms in total. The van der Waals surface area contributed by atoms with Gasteiger partial charge in [-0.1, -0.05) is 34.9 Å². The molecule has 1 atom stereocenters. The van der Waals surface area contributed by atoms with Gasteiger partial charge in [-0.05, 0) is 71.6 Å². The highest BCUT2D eigenvalue weighted by Crippen LogP contribution is 2.27. The number of hydrogen-bond donors (Lipinski definition) is 1. The fraction of sp³-hybridized carbons (Fsp3) is 0.636. The molecule has 0 radical (unpaired) electrons. The Morgan fingerprint density at radius 3 is 2.62 bits per heavy atom. The molecule has 0 fully saturated rings. The Hall–Kier alpha value is -1.84. The van der Waals surface area contributed by atoms with Gasteiger partial charge >= 0.3 is 11.9 Å². The zero-order chi connectivity index (χ0) is 19.4. The van der Waals surface area contributed by atoms with E-state index in [1.54, 1.807) is 0 Å². The standard InChI is InChI=1S/C22H34O4/c1-17(2)7-4-8-18(3)9-5-10-19-11-6-12-20(15-19)16-26-22(25)14-13-21(23)24/h7,9,11,20H,4-6,8,10,12-16H2,1-3H3,(H,23,24)/b18-9+. The predicted octanol–water partition coefficient (Wildman–Crippen LogP) is 5.59. The van der Waals surface area contributed by atoms with Gasteiger partial charge in [-0.25, -0.2) is 0 Å². The van der Waals surface area contributed by atoms with Gasteiger partial charge in [0.05, 0.1) is 19.4 Å². The summed E-state index contributed by atoms with van der Waals surface area (Å²) in [6.45, 7) is 6.88. The van der Waals surface area contributed by atoms with E-state index in [0.29, 0.717) is 12.5 Å². The molecule has 1 rings (SSSR count). The van der Waals surface area contributed by atoms with Crippen molar-refractivity contribution in [1.82, 2.24) is 0 Å². The van der Waals surface area contributed by atoms with E-state index < -0.39 is 11.9 Å². The summed E-state index contributed by atoms with van der Waals surface area (Å²) in [6, 6.07) is 0. The third-order valence-electron chi connectivity index (χ3n) is 4.63. The lowest BCUT2D eigenvalue weighted by atomic mass is 9.87. The minimum absolute atomic E-state index is 0.0401. The lowest BCUT2D eigenvalue weighted by Gasteiger charge is -2.22. The van der Waals surface area contributed by atoms with Gasteiger partial charge in [-0.3, -0.25) is 9.59 Å². The van der Waals surface area contributed by atoms with Crippen molar-refractivity contribution in [2.45, 2.75) is 78.6 Å². The Labute approximate surface area is 158 Å². The summed E-state index contributed by atoms with van der Waals surface area (Å²) in [5.74, 6) is -1.00. The van der Waals surface area contributed by atoms with Crippen molar-refractivity contribution in [3.05, 3.63) is 34.9 Å². The summed E-state index contributed by atoms with van der Waals surface area (Å²) in [5.41, 5.74) is 4.28. The van der Waals surface area contributed by atoms with Gasteiger partial charge in [-0.2, -0.15) is 0 Å². The van der Waals surface area contributed by atoms with Crippen molar-refractivity contribution in [2.24, 2.45) is 5.92 Å². The Morgan fingerprint density at radius 2 is 1.92 bits per heavy atom. The van der Waals surface area contributed by atoms with Crippen LogP contribution in [-0.4, -0.2) is 23.7 Å². The summed E-state index contributed by atoms with van der Waals surface area (Å²) in [4.78, 5) is 22.0. The second kappa shape index (κ2) is 12.5. The quantitative estimate of drug-likeness (QED) is 0.384. The Balaban J connectivity index is 2.26. The molecule has 0 amide bonds. The van der Waals surface area contributed by atoms with Crippen LogP contribution in [0.3, 0.4) is 0 Å². The van der Waals surface area contributed by atoms with Crippen molar-refractivity contribution in [1.29, 1.82) is 0 Å². The molecule has 4 heteroatoms. The fourth-order valence-electron chi connectivity index (χ4n) is 3.11. The number of carboxylic acids is 1. The summed E-state index contributed by atoms with van der Waals surface area (Å²) in [5, 5.41) is 8.58. The monoisotopic (exact) mass is 362 g/mol. The number of allylic oxidation sites excluding steroid dienone is 6. The van der Waals surface area contributed by atoms with Crippen LogP contribution in [0.15, 0.2) is 34.9 Å². The molecule has 0 aromatic carbocycles. The topological polar surface area (TPSA) is 63.6 Å². The van der Waals surface area contributed by atoms with Crippen molar-refractivity contribution in [3.63, 3.8) is 0 Å². The molecule has 1 aliphatic carbocycles. The molecule has 1 N–H and O–H groups in total. The maximum absolute atomic E-state index is 11.5. The smallest absolute Gasteiger partial charge is 0.306 e. The molecular formula is C22H34O4. The molecule has 0 saturated carbocycles. The molecule has 0 aliphatic heterocycles. The third kappa shape index (κ3) is 10.9. The molecule has 0 aromatic heterocycles. The van der Waals surface area contributed by atoms with E-state index in [1.807, 2.05) is 0 Å². The molecule has 1 aliphatic rings. The Morgan fingerprint density at radius 1 is 1.15 bits per heavy atom. The summed E-state index contributed by atoms with van der Waals surface area (Å²) >= 11 is 0. The van der Waals surface area contributed by atoms with Crippen LogP contribution in [0.2, 0.25) is 0 Å². The first kappa shape index (κ1) is 22.2. The number of rotatable bonds is 11. The van der Waals surface area contributed by atoms with Crippen LogP contribution in [0.5, 0.6) is 0 Å². The highest BCUT2D eigenvalue weighted by atomic mass is 16.5. The van der Waals surface area contributed by atoms with Gasteiger partial charge in [0.15, 0.2) is 0 Å². The van der Waals surface area contributed by atoms with E-state index in [4.69, 9.17) is 9.84 Å². The van der Waals surface area contributed by atoms with Crippen LogP contribution in [0.25, 0.3) is 0 Å². The van der Waals surface area contributed by atoms with Crippen LogP contribution in [0.1, 0.15) is 78.6 Å². The highest BCUT2D eigenvalue weighted by Gasteiger charge is 2.17. The van der Waals surface area contributed by atoms with Crippen LogP contribution in [0, 0.1) is 5.92 Å². The number of ether oxygens (including phenoxy) is 1. The summed E-state index contributed by atoms with van der Waals surface area (Å²) < 4.78 is 5.24. The Bertz CT molecular complexity index is 550. The van der Waals surface area contributed by atoms with E-state index in [0.717, 1.165) is 44.9 Å². The first-order chi connectivity index (χ1) is 12.4. The summed E-state index contributed by atoms with van der Waals surface area (Å²) in [7, 11) is 0. The molecule has 1 unspecified atom stereocenters.